The molecule has 27 heavy (non-hydrogen) atoms. The van der Waals surface area contributed by atoms with Crippen LogP contribution in [0.3, 0.4) is 0 Å². The molecule has 0 aliphatic carbocycles. The maximum absolute atomic E-state index is 12.3. The van der Waals surface area contributed by atoms with Crippen LogP contribution >= 0.6 is 0 Å². The Morgan fingerprint density at radius 3 is 2.67 bits per heavy atom. The number of anilines is 1. The van der Waals surface area contributed by atoms with Gasteiger partial charge in [-0.2, -0.15) is 11.3 Å². The maximum Gasteiger partial charge on any atom is 2.00 e. The summed E-state index contributed by atoms with van der Waals surface area (Å²) in [4.78, 5) is 26.2. The molecule has 1 aromatic carbocycles. The number of nitriles is 1. The summed E-state index contributed by atoms with van der Waals surface area (Å²) in [6.07, 6.45) is -0.390. The first-order chi connectivity index (χ1) is 12.1. The van der Waals surface area contributed by atoms with Crippen molar-refractivity contribution in [3.8, 4) is 6.07 Å². The number of hydrogen-bond acceptors (Lipinski definition) is 6. The van der Waals surface area contributed by atoms with E-state index in [0.717, 1.165) is 0 Å². The van der Waals surface area contributed by atoms with Crippen LogP contribution in [0.2, 0.25) is 0 Å². The molecule has 143 valence electrons. The number of rotatable bonds is 2. The first kappa shape index (κ1) is 22.8. The molecule has 2 rings (SSSR count). The minimum Gasteiger partial charge on any atom is -0.444 e. The van der Waals surface area contributed by atoms with E-state index < -0.39 is 16.6 Å². The predicted octanol–water partition coefficient (Wildman–Crippen LogP) is 2.77. The van der Waals surface area contributed by atoms with E-state index in [1.807, 2.05) is 31.7 Å². The number of nitrogens with zero attached hydrogens (tertiary/aromatic N) is 4. The summed E-state index contributed by atoms with van der Waals surface area (Å²) < 4.78 is 5.42. The number of benzene rings is 1. The van der Waals surface area contributed by atoms with Crippen LogP contribution in [0.4, 0.5) is 16.2 Å². The smallest absolute Gasteiger partial charge is 0.444 e. The number of ether oxygens (including phenoxy) is 1. The first-order valence-corrected chi connectivity index (χ1v) is 8.27. The Hall–Kier alpha value is -2.24. The van der Waals surface area contributed by atoms with Gasteiger partial charge in [0.1, 0.15) is 5.60 Å². The Morgan fingerprint density at radius 2 is 2.11 bits per heavy atom. The Kier molecular flexibility index (Phi) is 7.70. The molecule has 0 spiro atoms. The van der Waals surface area contributed by atoms with Crippen molar-refractivity contribution in [2.75, 3.05) is 31.1 Å². The van der Waals surface area contributed by atoms with Gasteiger partial charge in [-0.1, -0.05) is 11.8 Å². The van der Waals surface area contributed by atoms with E-state index in [9.17, 15) is 14.9 Å². The molecular weight excluding hydrogens is 387 g/mol. The number of hydrogen-bond donors (Lipinski definition) is 0. The molecule has 0 saturated carbocycles. The Labute approximate surface area is 171 Å². The Bertz CT molecular complexity index is 742. The van der Waals surface area contributed by atoms with Gasteiger partial charge in [-0.05, 0) is 27.3 Å². The molecule has 1 aromatic rings. The second-order valence-corrected chi connectivity index (χ2v) is 7.22. The van der Waals surface area contributed by atoms with Crippen molar-refractivity contribution in [1.82, 2.24) is 4.90 Å². The average molecular weight is 409 g/mol. The van der Waals surface area contributed by atoms with Crippen molar-refractivity contribution in [3.63, 3.8) is 0 Å². The molecule has 1 saturated heterocycles. The maximum atomic E-state index is 12.3. The quantitative estimate of drug-likeness (QED) is 0.423. The molecule has 1 atom stereocenters. The first-order valence-electron chi connectivity index (χ1n) is 8.27. The van der Waals surface area contributed by atoms with Crippen molar-refractivity contribution in [3.05, 3.63) is 40.8 Å². The van der Waals surface area contributed by atoms with Gasteiger partial charge in [0.2, 0.25) is 0 Å². The molecule has 1 heterocycles. The summed E-state index contributed by atoms with van der Waals surface area (Å²) in [5.41, 5.74) is -0.287. The third kappa shape index (κ3) is 6.16. The van der Waals surface area contributed by atoms with Crippen molar-refractivity contribution < 1.29 is 33.0 Å². The van der Waals surface area contributed by atoms with E-state index in [0.29, 0.717) is 31.9 Å². The van der Waals surface area contributed by atoms with Crippen LogP contribution in [0.15, 0.2) is 12.1 Å². The van der Waals surface area contributed by atoms with Gasteiger partial charge in [-0.15, -0.1) is 12.0 Å². The van der Waals surface area contributed by atoms with Crippen molar-refractivity contribution in [2.45, 2.75) is 26.4 Å². The van der Waals surface area contributed by atoms with Crippen LogP contribution in [0.25, 0.3) is 0 Å². The number of amides is 1. The molecule has 1 fully saturated rings. The third-order valence-corrected chi connectivity index (χ3v) is 3.82. The zero-order valence-electron chi connectivity index (χ0n) is 15.6. The van der Waals surface area contributed by atoms with E-state index in [-0.39, 0.29) is 35.7 Å². The van der Waals surface area contributed by atoms with Crippen molar-refractivity contribution in [1.29, 1.82) is 5.26 Å². The Morgan fingerprint density at radius 1 is 1.44 bits per heavy atom. The van der Waals surface area contributed by atoms with Crippen molar-refractivity contribution >= 4 is 17.5 Å². The summed E-state index contributed by atoms with van der Waals surface area (Å²) in [6.45, 7) is 11.4. The van der Waals surface area contributed by atoms with Crippen molar-refractivity contribution in [2.24, 2.45) is 5.92 Å². The molecule has 1 unspecified atom stereocenters. The van der Waals surface area contributed by atoms with Crippen LogP contribution in [-0.4, -0.2) is 47.7 Å². The minimum absolute atomic E-state index is 0. The number of nitro groups is 1. The molecular formula is C18H22N4O4V. The minimum atomic E-state index is -0.602. The van der Waals surface area contributed by atoms with Crippen LogP contribution < -0.4 is 4.90 Å². The van der Waals surface area contributed by atoms with E-state index in [2.05, 4.69) is 13.0 Å². The van der Waals surface area contributed by atoms with Gasteiger partial charge in [-0.25, -0.2) is 4.79 Å². The Balaban J connectivity index is 0.00000364. The average Bonchev–Trinajstić information content (AvgIpc) is 2.74. The zero-order valence-corrected chi connectivity index (χ0v) is 17.0. The summed E-state index contributed by atoms with van der Waals surface area (Å²) >= 11 is 0. The number of carbonyl (C=O) groups is 1. The molecule has 1 amide bonds. The van der Waals surface area contributed by atoms with Gasteiger partial charge in [-0.3, -0.25) is 10.1 Å². The summed E-state index contributed by atoms with van der Waals surface area (Å²) in [5, 5.41) is 20.1. The molecule has 1 radical (unpaired) electrons. The number of nitro benzene ring substituents is 1. The predicted molar refractivity (Wildman–Crippen MR) is 95.5 cm³/mol. The SMILES string of the molecule is [CH2-]C1CN(C(=O)OC(C)(C)C)CCN(c2[c-]cc([N+](=O)[O-])c(C#N)c2)C1.[V+2]. The third-order valence-electron chi connectivity index (χ3n) is 3.82. The molecule has 0 N–H and O–H groups in total. The standard InChI is InChI=1S/C18H22N4O4.V/c1-13-11-20(7-8-21(12-13)17(23)26-18(2,3)4)15-5-6-16(22(24)25)14(9-15)10-19;/h6,9,13H,1,7-8,11-12H2,2-4H3;/q-2;+2. The topological polar surface area (TPSA) is 99.7 Å². The summed E-state index contributed by atoms with van der Waals surface area (Å²) in [6, 6.07) is 7.37. The normalized spacial score (nSPS) is 17.4. The summed E-state index contributed by atoms with van der Waals surface area (Å²) in [7, 11) is 0. The number of carbonyl (C=O) groups excluding carboxylic acids is 1. The van der Waals surface area contributed by atoms with Gasteiger partial charge < -0.3 is 21.5 Å². The van der Waals surface area contributed by atoms with E-state index in [1.54, 1.807) is 4.90 Å². The van der Waals surface area contributed by atoms with Gasteiger partial charge in [0, 0.05) is 30.1 Å². The molecule has 0 aromatic heterocycles. The fourth-order valence-corrected chi connectivity index (χ4v) is 2.71. The zero-order chi connectivity index (χ0) is 19.5. The van der Waals surface area contributed by atoms with E-state index in [4.69, 9.17) is 10.00 Å². The van der Waals surface area contributed by atoms with E-state index in [1.165, 1.54) is 12.1 Å². The fourth-order valence-electron chi connectivity index (χ4n) is 2.71. The van der Waals surface area contributed by atoms with Gasteiger partial charge in [0.15, 0.2) is 5.69 Å². The fraction of sp³-hybridized carbons (Fsp3) is 0.500. The van der Waals surface area contributed by atoms with Crippen LogP contribution in [-0.2, 0) is 23.3 Å². The molecule has 0 bridgehead atoms. The van der Waals surface area contributed by atoms with Gasteiger partial charge in [0.05, 0.1) is 6.07 Å². The molecule has 1 aliphatic heterocycles. The van der Waals surface area contributed by atoms with E-state index >= 15 is 0 Å². The van der Waals surface area contributed by atoms with Gasteiger partial charge in [0.25, 0.3) is 0 Å². The molecule has 8 nitrogen and oxygen atoms in total. The summed E-state index contributed by atoms with van der Waals surface area (Å²) in [5.74, 6) is -0.0841. The largest absolute Gasteiger partial charge is 2.00 e. The second kappa shape index (κ2) is 9.11. The van der Waals surface area contributed by atoms with Crippen LogP contribution in [0.1, 0.15) is 26.3 Å². The monoisotopic (exact) mass is 409 g/mol. The molecule has 1 aliphatic rings. The van der Waals surface area contributed by atoms with Gasteiger partial charge >= 0.3 is 24.6 Å². The second-order valence-electron chi connectivity index (χ2n) is 7.22. The molecule has 9 heteroatoms. The van der Waals surface area contributed by atoms with Crippen LogP contribution in [0.5, 0.6) is 0 Å². The van der Waals surface area contributed by atoms with Crippen LogP contribution in [0, 0.1) is 40.4 Å².